The summed E-state index contributed by atoms with van der Waals surface area (Å²) in [6.45, 7) is 0. The van der Waals surface area contributed by atoms with Crippen LogP contribution in [0.4, 0.5) is 14.7 Å². The van der Waals surface area contributed by atoms with Crippen molar-refractivity contribution in [2.45, 2.75) is 38.5 Å². The van der Waals surface area contributed by atoms with E-state index in [-0.39, 0.29) is 11.4 Å². The van der Waals surface area contributed by atoms with Crippen LogP contribution in [-0.2, 0) is 6.42 Å². The summed E-state index contributed by atoms with van der Waals surface area (Å²) in [6, 6.07) is 3.45. The first-order valence-corrected chi connectivity index (χ1v) is 7.34. The summed E-state index contributed by atoms with van der Waals surface area (Å²) < 4.78 is 32.0. The van der Waals surface area contributed by atoms with Crippen LogP contribution in [0.15, 0.2) is 22.7 Å². The normalized spacial score (nSPS) is 15.7. The van der Waals surface area contributed by atoms with Gasteiger partial charge in [-0.05, 0) is 30.9 Å². The molecule has 1 saturated carbocycles. The van der Waals surface area contributed by atoms with E-state index >= 15 is 0 Å². The van der Waals surface area contributed by atoms with Gasteiger partial charge in [0.2, 0.25) is 5.88 Å². The van der Waals surface area contributed by atoms with E-state index in [1.807, 2.05) is 0 Å². The fraction of sp³-hybridized carbons (Fsp3) is 0.438. The molecule has 1 aliphatic rings. The highest BCUT2D eigenvalue weighted by molar-refractivity contribution is 5.75. The molecule has 3 rings (SSSR count). The molecule has 0 atom stereocenters. The molecule has 112 valence electrons. The minimum Gasteiger partial charge on any atom is -0.367 e. The van der Waals surface area contributed by atoms with E-state index in [1.165, 1.54) is 37.8 Å². The summed E-state index contributed by atoms with van der Waals surface area (Å²) >= 11 is 0. The highest BCUT2D eigenvalue weighted by atomic mass is 19.1. The number of aryl methyl sites for hydroxylation is 1. The number of rotatable bonds is 4. The van der Waals surface area contributed by atoms with Crippen molar-refractivity contribution in [2.75, 3.05) is 5.73 Å². The molecule has 1 aliphatic carbocycles. The highest BCUT2D eigenvalue weighted by Gasteiger charge is 2.21. The van der Waals surface area contributed by atoms with Gasteiger partial charge in [0.05, 0.1) is 11.3 Å². The molecule has 0 radical (unpaired) electrons. The molecule has 1 heterocycles. The van der Waals surface area contributed by atoms with E-state index in [0.29, 0.717) is 23.6 Å². The molecule has 2 N–H and O–H groups in total. The lowest BCUT2D eigenvalue weighted by Crippen LogP contribution is -1.99. The Morgan fingerprint density at radius 1 is 1.24 bits per heavy atom. The lowest BCUT2D eigenvalue weighted by Gasteiger charge is -2.08. The zero-order chi connectivity index (χ0) is 14.8. The first-order chi connectivity index (χ1) is 10.1. The summed E-state index contributed by atoms with van der Waals surface area (Å²) in [4.78, 5) is 0. The van der Waals surface area contributed by atoms with Gasteiger partial charge in [0, 0.05) is 11.6 Å². The molecular weight excluding hydrogens is 274 g/mol. The molecule has 0 bridgehead atoms. The van der Waals surface area contributed by atoms with Crippen LogP contribution in [0, 0.1) is 17.6 Å². The van der Waals surface area contributed by atoms with Crippen molar-refractivity contribution < 1.29 is 13.3 Å². The van der Waals surface area contributed by atoms with Gasteiger partial charge in [-0.15, -0.1) is 0 Å². The molecule has 5 heteroatoms. The van der Waals surface area contributed by atoms with Crippen molar-refractivity contribution in [3.8, 4) is 11.1 Å². The Labute approximate surface area is 122 Å². The van der Waals surface area contributed by atoms with Crippen molar-refractivity contribution in [1.82, 2.24) is 5.16 Å². The standard InChI is InChI=1S/C16H18F2N2O/c17-11-6-7-12(13(18)9-11)15-14(20-21-16(15)19)8-5-10-3-1-2-4-10/h6-7,9-10H,1-5,8,19H2. The Hall–Kier alpha value is -1.91. The van der Waals surface area contributed by atoms with E-state index < -0.39 is 11.6 Å². The zero-order valence-electron chi connectivity index (χ0n) is 11.7. The highest BCUT2D eigenvalue weighted by Crippen LogP contribution is 2.35. The molecule has 0 saturated heterocycles. The van der Waals surface area contributed by atoms with Gasteiger partial charge in [0.25, 0.3) is 0 Å². The Kier molecular flexibility index (Phi) is 3.90. The molecule has 0 amide bonds. The van der Waals surface area contributed by atoms with Gasteiger partial charge < -0.3 is 10.3 Å². The number of hydrogen-bond acceptors (Lipinski definition) is 3. The van der Waals surface area contributed by atoms with E-state index in [2.05, 4.69) is 5.16 Å². The monoisotopic (exact) mass is 292 g/mol. The van der Waals surface area contributed by atoms with Gasteiger partial charge in [0.15, 0.2) is 0 Å². The van der Waals surface area contributed by atoms with Gasteiger partial charge in [-0.25, -0.2) is 8.78 Å². The average molecular weight is 292 g/mol. The van der Waals surface area contributed by atoms with E-state index in [9.17, 15) is 8.78 Å². The van der Waals surface area contributed by atoms with Crippen LogP contribution in [-0.4, -0.2) is 5.16 Å². The summed E-state index contributed by atoms with van der Waals surface area (Å²) in [6.07, 6.45) is 6.76. The number of aromatic nitrogens is 1. The van der Waals surface area contributed by atoms with Crippen molar-refractivity contribution in [2.24, 2.45) is 5.92 Å². The number of hydrogen-bond donors (Lipinski definition) is 1. The van der Waals surface area contributed by atoms with Crippen molar-refractivity contribution in [3.63, 3.8) is 0 Å². The Bertz CT molecular complexity index is 633. The molecule has 0 unspecified atom stereocenters. The molecule has 1 fully saturated rings. The first-order valence-electron chi connectivity index (χ1n) is 7.34. The third-order valence-electron chi connectivity index (χ3n) is 4.25. The summed E-state index contributed by atoms with van der Waals surface area (Å²) in [5.74, 6) is -0.471. The maximum absolute atomic E-state index is 13.9. The molecule has 21 heavy (non-hydrogen) atoms. The topological polar surface area (TPSA) is 52.0 Å². The maximum atomic E-state index is 13.9. The molecule has 2 aromatic rings. The van der Waals surface area contributed by atoms with Gasteiger partial charge in [-0.2, -0.15) is 0 Å². The SMILES string of the molecule is Nc1onc(CCC2CCCC2)c1-c1ccc(F)cc1F. The predicted octanol–water partition coefficient (Wildman–Crippen LogP) is 4.32. The minimum atomic E-state index is -0.646. The second-order valence-corrected chi connectivity index (χ2v) is 5.68. The second kappa shape index (κ2) is 5.84. The summed E-state index contributed by atoms with van der Waals surface area (Å²) in [5.41, 5.74) is 7.14. The van der Waals surface area contributed by atoms with Crippen LogP contribution in [0.2, 0.25) is 0 Å². The second-order valence-electron chi connectivity index (χ2n) is 5.68. The molecular formula is C16H18F2N2O. The van der Waals surface area contributed by atoms with E-state index in [1.54, 1.807) is 0 Å². The summed E-state index contributed by atoms with van der Waals surface area (Å²) in [5, 5.41) is 3.96. The smallest absolute Gasteiger partial charge is 0.230 e. The van der Waals surface area contributed by atoms with Crippen LogP contribution in [0.1, 0.15) is 37.8 Å². The van der Waals surface area contributed by atoms with Gasteiger partial charge in [-0.1, -0.05) is 30.8 Å². The largest absolute Gasteiger partial charge is 0.367 e. The number of benzene rings is 1. The molecule has 0 aliphatic heterocycles. The Morgan fingerprint density at radius 3 is 2.71 bits per heavy atom. The summed E-state index contributed by atoms with van der Waals surface area (Å²) in [7, 11) is 0. The first kappa shape index (κ1) is 14.0. The van der Waals surface area contributed by atoms with E-state index in [0.717, 1.165) is 12.5 Å². The van der Waals surface area contributed by atoms with Crippen LogP contribution in [0.5, 0.6) is 0 Å². The van der Waals surface area contributed by atoms with E-state index in [4.69, 9.17) is 10.3 Å². The third-order valence-corrected chi connectivity index (χ3v) is 4.25. The lowest BCUT2D eigenvalue weighted by molar-refractivity contribution is 0.419. The Balaban J connectivity index is 1.85. The molecule has 1 aromatic carbocycles. The minimum absolute atomic E-state index is 0.0851. The van der Waals surface area contributed by atoms with Crippen LogP contribution >= 0.6 is 0 Å². The number of nitrogen functional groups attached to an aromatic ring is 1. The fourth-order valence-electron chi connectivity index (χ4n) is 3.13. The Morgan fingerprint density at radius 2 is 2.00 bits per heavy atom. The third kappa shape index (κ3) is 2.91. The maximum Gasteiger partial charge on any atom is 0.230 e. The molecule has 0 spiro atoms. The quantitative estimate of drug-likeness (QED) is 0.912. The predicted molar refractivity (Wildman–Crippen MR) is 76.5 cm³/mol. The molecule has 3 nitrogen and oxygen atoms in total. The van der Waals surface area contributed by atoms with Crippen LogP contribution < -0.4 is 5.73 Å². The molecule has 1 aromatic heterocycles. The van der Waals surface area contributed by atoms with Gasteiger partial charge >= 0.3 is 0 Å². The fourth-order valence-corrected chi connectivity index (χ4v) is 3.13. The number of nitrogens with zero attached hydrogens (tertiary/aromatic N) is 1. The van der Waals surface area contributed by atoms with Gasteiger partial charge in [0.1, 0.15) is 11.6 Å². The number of anilines is 1. The number of halogens is 2. The lowest BCUT2D eigenvalue weighted by atomic mass is 9.97. The van der Waals surface area contributed by atoms with Crippen molar-refractivity contribution in [3.05, 3.63) is 35.5 Å². The van der Waals surface area contributed by atoms with Crippen LogP contribution in [0.3, 0.4) is 0 Å². The zero-order valence-corrected chi connectivity index (χ0v) is 11.7. The van der Waals surface area contributed by atoms with Crippen molar-refractivity contribution >= 4 is 5.88 Å². The van der Waals surface area contributed by atoms with Gasteiger partial charge in [-0.3, -0.25) is 0 Å². The number of nitrogens with two attached hydrogens (primary N) is 1. The van der Waals surface area contributed by atoms with Crippen LogP contribution in [0.25, 0.3) is 11.1 Å². The average Bonchev–Trinajstić information content (AvgIpc) is 3.07. The van der Waals surface area contributed by atoms with Crippen molar-refractivity contribution in [1.29, 1.82) is 0 Å².